The second-order valence-electron chi connectivity index (χ2n) is 4.93. The molecule has 3 heterocycles. The van der Waals surface area contributed by atoms with Crippen molar-refractivity contribution in [2.75, 3.05) is 12.3 Å². The zero-order chi connectivity index (χ0) is 15.2. The predicted octanol–water partition coefficient (Wildman–Crippen LogP) is 0.411. The van der Waals surface area contributed by atoms with Gasteiger partial charge in [-0.3, -0.25) is 0 Å². The Morgan fingerprint density at radius 3 is 2.76 bits per heavy atom. The average molecular weight is 309 g/mol. The number of hydrogen-bond acceptors (Lipinski definition) is 7. The van der Waals surface area contributed by atoms with E-state index in [1.165, 1.54) is 10.6 Å². The number of aryl methyl sites for hydroxylation is 2. The maximum absolute atomic E-state index is 12.7. The maximum atomic E-state index is 12.7. The van der Waals surface area contributed by atoms with Gasteiger partial charge >= 0.3 is 0 Å². The Morgan fingerprint density at radius 2 is 2.10 bits per heavy atom. The highest BCUT2D eigenvalue weighted by molar-refractivity contribution is 7.89. The highest BCUT2D eigenvalue weighted by Gasteiger charge is 2.34. The number of nitrogen functional groups attached to an aromatic ring is 1. The van der Waals surface area contributed by atoms with Crippen molar-refractivity contribution in [3.63, 3.8) is 0 Å². The zero-order valence-electron chi connectivity index (χ0n) is 11.7. The van der Waals surface area contributed by atoms with Crippen molar-refractivity contribution in [3.05, 3.63) is 29.0 Å². The Kier molecular flexibility index (Phi) is 3.18. The van der Waals surface area contributed by atoms with E-state index < -0.39 is 10.0 Å². The van der Waals surface area contributed by atoms with E-state index in [0.717, 1.165) is 5.56 Å². The van der Waals surface area contributed by atoms with Gasteiger partial charge in [-0.2, -0.15) is 4.31 Å². The topological polar surface area (TPSA) is 115 Å². The van der Waals surface area contributed by atoms with Crippen molar-refractivity contribution < 1.29 is 12.9 Å². The molecule has 112 valence electrons. The smallest absolute Gasteiger partial charge is 0.248 e. The van der Waals surface area contributed by atoms with Crippen LogP contribution < -0.4 is 5.73 Å². The molecule has 0 amide bonds. The lowest BCUT2D eigenvalue weighted by Crippen LogP contribution is -2.37. The van der Waals surface area contributed by atoms with E-state index >= 15 is 0 Å². The maximum Gasteiger partial charge on any atom is 0.248 e. The summed E-state index contributed by atoms with van der Waals surface area (Å²) in [6, 6.07) is 0. The Balaban J connectivity index is 2.00. The van der Waals surface area contributed by atoms with Gasteiger partial charge in [-0.1, -0.05) is 5.16 Å². The molecule has 0 bridgehead atoms. The normalized spacial score (nSPS) is 15.9. The van der Waals surface area contributed by atoms with Gasteiger partial charge in [-0.25, -0.2) is 18.4 Å². The largest absolute Gasteiger partial charge is 0.383 e. The molecule has 0 saturated carbocycles. The molecule has 3 rings (SSSR count). The number of nitrogens with two attached hydrogens (primary N) is 1. The molecule has 9 heteroatoms. The van der Waals surface area contributed by atoms with Gasteiger partial charge in [0.2, 0.25) is 10.0 Å². The van der Waals surface area contributed by atoms with E-state index in [9.17, 15) is 8.42 Å². The third-order valence-corrected chi connectivity index (χ3v) is 5.66. The first-order chi connectivity index (χ1) is 9.91. The molecule has 1 aliphatic rings. The fourth-order valence-electron chi connectivity index (χ4n) is 2.53. The molecule has 0 aromatic carbocycles. The zero-order valence-corrected chi connectivity index (χ0v) is 12.5. The molecule has 21 heavy (non-hydrogen) atoms. The molecule has 0 radical (unpaired) electrons. The first-order valence-electron chi connectivity index (χ1n) is 6.42. The molecule has 2 N–H and O–H groups in total. The first kappa shape index (κ1) is 14.0. The van der Waals surface area contributed by atoms with Crippen LogP contribution in [0.25, 0.3) is 0 Å². The van der Waals surface area contributed by atoms with Crippen molar-refractivity contribution in [2.45, 2.75) is 31.7 Å². The number of fused-ring (bicyclic) bond motifs is 1. The molecule has 0 saturated heterocycles. The third kappa shape index (κ3) is 2.18. The van der Waals surface area contributed by atoms with Crippen molar-refractivity contribution in [1.82, 2.24) is 19.4 Å². The predicted molar refractivity (Wildman–Crippen MR) is 73.7 cm³/mol. The third-order valence-electron chi connectivity index (χ3n) is 3.57. The van der Waals surface area contributed by atoms with Crippen LogP contribution in [0.15, 0.2) is 15.7 Å². The molecular formula is C12H15N5O3S. The van der Waals surface area contributed by atoms with Crippen LogP contribution in [0.3, 0.4) is 0 Å². The summed E-state index contributed by atoms with van der Waals surface area (Å²) in [5.41, 5.74) is 7.62. The van der Waals surface area contributed by atoms with Crippen LogP contribution in [-0.4, -0.2) is 34.4 Å². The lowest BCUT2D eigenvalue weighted by Gasteiger charge is -2.27. The first-order valence-corrected chi connectivity index (χ1v) is 7.86. The standard InChI is InChI=1S/C12H15N5O3S/c1-7-11(8(2)20-16-7)21(18,19)17-4-3-9-10(5-17)14-6-15-12(9)13/h6H,3-5H2,1-2H3,(H2,13,14,15). The van der Waals surface area contributed by atoms with Gasteiger partial charge in [0.25, 0.3) is 0 Å². The fourth-order valence-corrected chi connectivity index (χ4v) is 4.23. The Morgan fingerprint density at radius 1 is 1.33 bits per heavy atom. The molecule has 2 aromatic heterocycles. The minimum atomic E-state index is -3.66. The summed E-state index contributed by atoms with van der Waals surface area (Å²) >= 11 is 0. The van der Waals surface area contributed by atoms with Crippen LogP contribution in [-0.2, 0) is 23.0 Å². The van der Waals surface area contributed by atoms with Crippen LogP contribution in [0.2, 0.25) is 0 Å². The lowest BCUT2D eigenvalue weighted by molar-refractivity contribution is 0.378. The Hall–Kier alpha value is -2.00. The molecule has 8 nitrogen and oxygen atoms in total. The summed E-state index contributed by atoms with van der Waals surface area (Å²) in [4.78, 5) is 8.20. The molecule has 0 unspecified atom stereocenters. The Labute approximate surface area is 122 Å². The number of rotatable bonds is 2. The van der Waals surface area contributed by atoms with E-state index in [4.69, 9.17) is 10.3 Å². The van der Waals surface area contributed by atoms with Crippen LogP contribution in [0.4, 0.5) is 5.82 Å². The second-order valence-corrected chi connectivity index (χ2v) is 6.80. The van der Waals surface area contributed by atoms with E-state index in [-0.39, 0.29) is 11.4 Å². The summed E-state index contributed by atoms with van der Waals surface area (Å²) in [6.07, 6.45) is 1.84. The molecule has 0 aliphatic carbocycles. The summed E-state index contributed by atoms with van der Waals surface area (Å²) in [7, 11) is -3.66. The number of sulfonamides is 1. The minimum absolute atomic E-state index is 0.132. The summed E-state index contributed by atoms with van der Waals surface area (Å²) < 4.78 is 31.8. The summed E-state index contributed by atoms with van der Waals surface area (Å²) in [6.45, 7) is 3.71. The van der Waals surface area contributed by atoms with E-state index in [1.54, 1.807) is 13.8 Å². The van der Waals surface area contributed by atoms with Gasteiger partial charge in [0, 0.05) is 12.1 Å². The molecule has 0 fully saturated rings. The second kappa shape index (κ2) is 4.78. The van der Waals surface area contributed by atoms with Crippen LogP contribution in [0, 0.1) is 13.8 Å². The van der Waals surface area contributed by atoms with Crippen LogP contribution >= 0.6 is 0 Å². The van der Waals surface area contributed by atoms with E-state index in [1.807, 2.05) is 0 Å². The van der Waals surface area contributed by atoms with Crippen molar-refractivity contribution >= 4 is 15.8 Å². The highest BCUT2D eigenvalue weighted by atomic mass is 32.2. The molecule has 0 atom stereocenters. The SMILES string of the molecule is Cc1noc(C)c1S(=O)(=O)N1CCc2c(N)ncnc2C1. The van der Waals surface area contributed by atoms with Gasteiger partial charge < -0.3 is 10.3 Å². The minimum Gasteiger partial charge on any atom is -0.383 e. The summed E-state index contributed by atoms with van der Waals surface area (Å²) in [5.74, 6) is 0.704. The fraction of sp³-hybridized carbons (Fsp3) is 0.417. The number of anilines is 1. The monoisotopic (exact) mass is 309 g/mol. The van der Waals surface area contributed by atoms with E-state index in [0.29, 0.717) is 35.9 Å². The van der Waals surface area contributed by atoms with Gasteiger partial charge in [0.1, 0.15) is 22.7 Å². The molecular weight excluding hydrogens is 294 g/mol. The van der Waals surface area contributed by atoms with Gasteiger partial charge in [0.15, 0.2) is 5.76 Å². The number of hydrogen-bond donors (Lipinski definition) is 1. The van der Waals surface area contributed by atoms with Crippen LogP contribution in [0.5, 0.6) is 0 Å². The molecule has 1 aliphatic heterocycles. The number of aromatic nitrogens is 3. The van der Waals surface area contributed by atoms with Crippen molar-refractivity contribution in [3.8, 4) is 0 Å². The van der Waals surface area contributed by atoms with Gasteiger partial charge in [0.05, 0.1) is 12.2 Å². The van der Waals surface area contributed by atoms with Gasteiger partial charge in [-0.05, 0) is 20.3 Å². The van der Waals surface area contributed by atoms with Gasteiger partial charge in [-0.15, -0.1) is 0 Å². The lowest BCUT2D eigenvalue weighted by atomic mass is 10.1. The average Bonchev–Trinajstić information content (AvgIpc) is 2.78. The quantitative estimate of drug-likeness (QED) is 0.854. The number of nitrogens with zero attached hydrogens (tertiary/aromatic N) is 4. The van der Waals surface area contributed by atoms with Crippen molar-refractivity contribution in [1.29, 1.82) is 0 Å². The van der Waals surface area contributed by atoms with Crippen LogP contribution in [0.1, 0.15) is 22.7 Å². The van der Waals surface area contributed by atoms with Crippen molar-refractivity contribution in [2.24, 2.45) is 0 Å². The molecule has 2 aromatic rings. The van der Waals surface area contributed by atoms with E-state index in [2.05, 4.69) is 15.1 Å². The Bertz CT molecular complexity index is 780. The highest BCUT2D eigenvalue weighted by Crippen LogP contribution is 2.28. The summed E-state index contributed by atoms with van der Waals surface area (Å²) in [5, 5.41) is 3.71. The molecule has 0 spiro atoms.